The van der Waals surface area contributed by atoms with Gasteiger partial charge in [-0.25, -0.2) is 0 Å². The van der Waals surface area contributed by atoms with Gasteiger partial charge in [0.1, 0.15) is 6.10 Å². The molecule has 3 N–H and O–H groups in total. The van der Waals surface area contributed by atoms with Crippen LogP contribution in [0.25, 0.3) is 0 Å². The van der Waals surface area contributed by atoms with Crippen LogP contribution in [0.4, 0.5) is 0 Å². The van der Waals surface area contributed by atoms with E-state index < -0.39 is 18.2 Å². The lowest BCUT2D eigenvalue weighted by Crippen LogP contribution is -2.46. The van der Waals surface area contributed by atoms with Crippen LogP contribution in [-0.4, -0.2) is 46.9 Å². The molecule has 0 aromatic carbocycles. The fraction of sp³-hybridized carbons (Fsp3) is 0.649. The molecule has 0 saturated heterocycles. The number of hydrogen-bond acceptors (Lipinski definition) is 5. The van der Waals surface area contributed by atoms with E-state index >= 15 is 0 Å². The Morgan fingerprint density at radius 1 is 0.476 bits per heavy atom. The Bertz CT molecular complexity index is 1300. The second kappa shape index (κ2) is 49.5. The second-order valence-corrected chi connectivity index (χ2v) is 17.0. The van der Waals surface area contributed by atoms with Crippen molar-refractivity contribution in [2.75, 3.05) is 6.61 Å². The molecular weight excluding hydrogens is 779 g/mol. The number of aliphatic hydroxyl groups is 2. The fourth-order valence-corrected chi connectivity index (χ4v) is 7.17. The number of nitrogens with one attached hydrogen (secondary N) is 1. The Morgan fingerprint density at radius 2 is 0.857 bits per heavy atom. The standard InChI is InChI=1S/C57H95NO5/c1-4-7-10-13-16-19-22-24-26-28-30-32-35-38-41-44-47-50-57(62)63-53(48-45-42-39-36-34-31-29-27-25-23-20-17-14-11-8-5-2)51-56(61)58-54(52-59)55(60)49-46-43-40-37-33-21-18-15-12-9-6-3/h7,10,13,16,19,22-32,34-35,53-55,59-60H,4-6,8-9,11-12,14-15,17-18,20-21,33,36-52H2,1-3H3,(H,58,61)/b10-7-,16-13+,22-19+,25-23+,26-24-,29-27+,30-28+,34-31+,35-32+. The van der Waals surface area contributed by atoms with Crippen LogP contribution in [0.5, 0.6) is 0 Å². The Kier molecular flexibility index (Phi) is 46.8. The Hall–Kier alpha value is -3.48. The first-order valence-electron chi connectivity index (χ1n) is 25.7. The topological polar surface area (TPSA) is 95.9 Å². The molecule has 0 aliphatic heterocycles. The summed E-state index contributed by atoms with van der Waals surface area (Å²) < 4.78 is 5.90. The van der Waals surface area contributed by atoms with E-state index in [1.165, 1.54) is 83.5 Å². The number of hydrogen-bond donors (Lipinski definition) is 3. The summed E-state index contributed by atoms with van der Waals surface area (Å²) in [6.07, 6.45) is 67.1. The molecule has 6 nitrogen and oxygen atoms in total. The molecule has 0 radical (unpaired) electrons. The molecule has 3 unspecified atom stereocenters. The van der Waals surface area contributed by atoms with Crippen molar-refractivity contribution >= 4 is 11.9 Å². The number of allylic oxidation sites excluding steroid dienone is 18. The van der Waals surface area contributed by atoms with Crippen molar-refractivity contribution in [1.82, 2.24) is 5.32 Å². The third-order valence-electron chi connectivity index (χ3n) is 11.1. The maximum absolute atomic E-state index is 13.2. The minimum absolute atomic E-state index is 0.0296. The number of rotatable bonds is 44. The number of aliphatic hydroxyl groups excluding tert-OH is 2. The molecule has 0 aliphatic rings. The molecule has 63 heavy (non-hydrogen) atoms. The third kappa shape index (κ3) is 44.9. The molecule has 358 valence electrons. The van der Waals surface area contributed by atoms with Crippen LogP contribution in [0.1, 0.15) is 213 Å². The largest absolute Gasteiger partial charge is 0.462 e. The minimum Gasteiger partial charge on any atom is -0.462 e. The summed E-state index contributed by atoms with van der Waals surface area (Å²) in [7, 11) is 0. The minimum atomic E-state index is -0.811. The van der Waals surface area contributed by atoms with Crippen molar-refractivity contribution in [2.45, 2.75) is 232 Å². The highest BCUT2D eigenvalue weighted by Crippen LogP contribution is 2.17. The molecule has 3 atom stereocenters. The summed E-state index contributed by atoms with van der Waals surface area (Å²) in [6, 6.07) is -0.729. The lowest BCUT2D eigenvalue weighted by Gasteiger charge is -2.24. The molecule has 0 aromatic rings. The summed E-state index contributed by atoms with van der Waals surface area (Å²) in [5, 5.41) is 23.7. The summed E-state index contributed by atoms with van der Waals surface area (Å²) in [5.74, 6) is -0.568. The van der Waals surface area contributed by atoms with E-state index in [9.17, 15) is 19.8 Å². The van der Waals surface area contributed by atoms with Gasteiger partial charge in [0.05, 0.1) is 25.2 Å². The van der Waals surface area contributed by atoms with Gasteiger partial charge in [-0.3, -0.25) is 9.59 Å². The van der Waals surface area contributed by atoms with Gasteiger partial charge in [-0.2, -0.15) is 0 Å². The predicted octanol–water partition coefficient (Wildman–Crippen LogP) is 15.5. The first-order chi connectivity index (χ1) is 31.0. The highest BCUT2D eigenvalue weighted by molar-refractivity contribution is 5.77. The molecule has 1 amide bonds. The van der Waals surface area contributed by atoms with Crippen LogP contribution in [0.15, 0.2) is 109 Å². The quantitative estimate of drug-likeness (QED) is 0.0322. The SMILES string of the molecule is CC\C=C/C=C/C=C/C=C\C=C\C=C\CCCCCC(=O)OC(CCCCC/C=C/C=C/C=C/CCCCCCC)CC(=O)NC(CO)C(O)CCCCCCCCCCCCC. The Balaban J connectivity index is 4.79. The van der Waals surface area contributed by atoms with E-state index in [1.54, 1.807) is 0 Å². The van der Waals surface area contributed by atoms with Crippen LogP contribution in [0.2, 0.25) is 0 Å². The van der Waals surface area contributed by atoms with Gasteiger partial charge in [0, 0.05) is 6.42 Å². The van der Waals surface area contributed by atoms with Gasteiger partial charge in [-0.05, 0) is 70.6 Å². The average Bonchev–Trinajstić information content (AvgIpc) is 3.28. The predicted molar refractivity (Wildman–Crippen MR) is 273 cm³/mol. The number of ether oxygens (including phenoxy) is 1. The number of amides is 1. The second-order valence-electron chi connectivity index (χ2n) is 17.0. The fourth-order valence-electron chi connectivity index (χ4n) is 7.17. The maximum Gasteiger partial charge on any atom is 0.306 e. The van der Waals surface area contributed by atoms with Gasteiger partial charge in [0.25, 0.3) is 0 Å². The average molecular weight is 874 g/mol. The molecule has 6 heteroatoms. The van der Waals surface area contributed by atoms with E-state index in [0.29, 0.717) is 19.3 Å². The molecule has 0 aliphatic carbocycles. The van der Waals surface area contributed by atoms with Gasteiger partial charge in [-0.1, -0.05) is 239 Å². The van der Waals surface area contributed by atoms with Gasteiger partial charge >= 0.3 is 5.97 Å². The third-order valence-corrected chi connectivity index (χ3v) is 11.1. The van der Waals surface area contributed by atoms with Gasteiger partial charge in [-0.15, -0.1) is 0 Å². The number of carbonyl (C=O) groups excluding carboxylic acids is 2. The molecule has 0 heterocycles. The van der Waals surface area contributed by atoms with E-state index in [4.69, 9.17) is 4.74 Å². The van der Waals surface area contributed by atoms with Crippen LogP contribution in [-0.2, 0) is 14.3 Å². The van der Waals surface area contributed by atoms with Crippen molar-refractivity contribution in [1.29, 1.82) is 0 Å². The van der Waals surface area contributed by atoms with Crippen LogP contribution in [0.3, 0.4) is 0 Å². The maximum atomic E-state index is 13.2. The molecular formula is C57H95NO5. The molecule has 0 fully saturated rings. The normalized spacial score (nSPS) is 14.2. The highest BCUT2D eigenvalue weighted by atomic mass is 16.5. The molecule has 0 saturated carbocycles. The summed E-state index contributed by atoms with van der Waals surface area (Å²) in [6.45, 7) is 6.28. The summed E-state index contributed by atoms with van der Waals surface area (Å²) in [4.78, 5) is 26.1. The summed E-state index contributed by atoms with van der Waals surface area (Å²) >= 11 is 0. The van der Waals surface area contributed by atoms with E-state index in [2.05, 4.69) is 80.8 Å². The Labute approximate surface area is 388 Å². The van der Waals surface area contributed by atoms with Crippen molar-refractivity contribution in [3.8, 4) is 0 Å². The van der Waals surface area contributed by atoms with Crippen molar-refractivity contribution < 1.29 is 24.5 Å². The van der Waals surface area contributed by atoms with E-state index in [1.807, 2.05) is 54.7 Å². The van der Waals surface area contributed by atoms with E-state index in [-0.39, 0.29) is 24.9 Å². The van der Waals surface area contributed by atoms with Crippen molar-refractivity contribution in [2.24, 2.45) is 0 Å². The van der Waals surface area contributed by atoms with Gasteiger partial charge in [0.15, 0.2) is 0 Å². The molecule has 0 bridgehead atoms. The first kappa shape index (κ1) is 59.5. The van der Waals surface area contributed by atoms with Crippen LogP contribution in [0, 0.1) is 0 Å². The van der Waals surface area contributed by atoms with Crippen LogP contribution >= 0.6 is 0 Å². The summed E-state index contributed by atoms with van der Waals surface area (Å²) in [5.41, 5.74) is 0. The lowest BCUT2D eigenvalue weighted by atomic mass is 10.0. The molecule has 0 spiro atoms. The molecule has 0 aromatic heterocycles. The first-order valence-corrected chi connectivity index (χ1v) is 25.7. The smallest absolute Gasteiger partial charge is 0.306 e. The lowest BCUT2D eigenvalue weighted by molar-refractivity contribution is -0.151. The zero-order chi connectivity index (χ0) is 45.9. The number of esters is 1. The number of unbranched alkanes of at least 4 members (excludes halogenated alkanes) is 21. The monoisotopic (exact) mass is 874 g/mol. The van der Waals surface area contributed by atoms with Gasteiger partial charge in [0.2, 0.25) is 5.91 Å². The van der Waals surface area contributed by atoms with Crippen molar-refractivity contribution in [3.05, 3.63) is 109 Å². The zero-order valence-electron chi connectivity index (χ0n) is 40.7. The highest BCUT2D eigenvalue weighted by Gasteiger charge is 2.24. The van der Waals surface area contributed by atoms with Crippen LogP contribution < -0.4 is 5.32 Å². The number of carbonyl (C=O) groups is 2. The molecule has 0 rings (SSSR count). The Morgan fingerprint density at radius 3 is 1.32 bits per heavy atom. The van der Waals surface area contributed by atoms with Crippen molar-refractivity contribution in [3.63, 3.8) is 0 Å². The zero-order valence-corrected chi connectivity index (χ0v) is 40.7. The van der Waals surface area contributed by atoms with Gasteiger partial charge < -0.3 is 20.3 Å². The van der Waals surface area contributed by atoms with E-state index in [0.717, 1.165) is 83.5 Å².